The van der Waals surface area contributed by atoms with Crippen LogP contribution in [0.3, 0.4) is 0 Å². The number of rotatable bonds is 1. The van der Waals surface area contributed by atoms with Crippen LogP contribution < -0.4 is 0 Å². The fourth-order valence-corrected chi connectivity index (χ4v) is 4.60. The number of alkyl halides is 2. The molecule has 7 heteroatoms. The van der Waals surface area contributed by atoms with Crippen molar-refractivity contribution >= 4 is 41.7 Å². The van der Waals surface area contributed by atoms with Crippen LogP contribution in [0.15, 0.2) is 21.5 Å². The van der Waals surface area contributed by atoms with Crippen molar-refractivity contribution in [2.45, 2.75) is 22.0 Å². The molecule has 2 rings (SSSR count). The number of hydrogen-bond acceptors (Lipinski definition) is 3. The van der Waals surface area contributed by atoms with Crippen molar-refractivity contribution in [3.8, 4) is 0 Å². The van der Waals surface area contributed by atoms with Gasteiger partial charge in [-0.15, -0.1) is 0 Å². The molecular formula is C10H9Br2FO3S. The predicted molar refractivity (Wildman–Crippen MR) is 68.8 cm³/mol. The number of hydrogen-bond donors (Lipinski definition) is 1. The van der Waals surface area contributed by atoms with E-state index in [1.807, 2.05) is 0 Å². The molecule has 1 aromatic rings. The van der Waals surface area contributed by atoms with Gasteiger partial charge >= 0.3 is 0 Å². The van der Waals surface area contributed by atoms with E-state index in [-0.39, 0.29) is 10.5 Å². The van der Waals surface area contributed by atoms with E-state index >= 15 is 0 Å². The zero-order valence-electron chi connectivity index (χ0n) is 8.69. The van der Waals surface area contributed by atoms with E-state index in [9.17, 15) is 17.9 Å². The van der Waals surface area contributed by atoms with E-state index in [1.165, 1.54) is 6.07 Å². The Balaban J connectivity index is 2.80. The van der Waals surface area contributed by atoms with Crippen LogP contribution in [0.2, 0.25) is 0 Å². The fourth-order valence-electron chi connectivity index (χ4n) is 1.98. The minimum atomic E-state index is -3.49. The largest absolute Gasteiger partial charge is 0.385 e. The number of aliphatic hydroxyl groups is 1. The van der Waals surface area contributed by atoms with Crippen molar-refractivity contribution in [2.24, 2.45) is 0 Å². The lowest BCUT2D eigenvalue weighted by atomic mass is 10.1. The summed E-state index contributed by atoms with van der Waals surface area (Å²) in [5.74, 6) is 0. The second-order valence-electron chi connectivity index (χ2n) is 3.94. The first-order valence-electron chi connectivity index (χ1n) is 4.73. The first-order chi connectivity index (χ1) is 7.75. The summed E-state index contributed by atoms with van der Waals surface area (Å²) in [6, 6.07) is 2.92. The highest BCUT2D eigenvalue weighted by Crippen LogP contribution is 2.50. The highest BCUT2D eigenvalue weighted by atomic mass is 79.9. The van der Waals surface area contributed by atoms with Gasteiger partial charge in [-0.2, -0.15) is 0 Å². The Hall–Kier alpha value is 0.0200. The Kier molecular flexibility index (Phi) is 3.40. The standard InChI is InChI=1S/C10H9Br2FO3S/c1-17(15,16)5-3-2-4(11)6-7(5)10(14)9(13)8(6)12/h2-3,8-10,14H,1H3/t8-,9+,10-/m0/s1. The lowest BCUT2D eigenvalue weighted by Crippen LogP contribution is -2.10. The number of halogens is 3. The molecule has 0 saturated carbocycles. The Labute approximate surface area is 115 Å². The third-order valence-electron chi connectivity index (χ3n) is 2.75. The molecule has 0 heterocycles. The first-order valence-corrected chi connectivity index (χ1v) is 8.33. The summed E-state index contributed by atoms with van der Waals surface area (Å²) in [6.45, 7) is 0. The summed E-state index contributed by atoms with van der Waals surface area (Å²) >= 11 is 6.38. The van der Waals surface area contributed by atoms with E-state index in [1.54, 1.807) is 6.07 Å². The van der Waals surface area contributed by atoms with Crippen LogP contribution in [0, 0.1) is 0 Å². The molecule has 0 saturated heterocycles. The van der Waals surface area contributed by atoms with Crippen molar-refractivity contribution in [3.63, 3.8) is 0 Å². The first kappa shape index (κ1) is 13.5. The molecular weight excluding hydrogens is 379 g/mol. The molecule has 3 nitrogen and oxygen atoms in total. The van der Waals surface area contributed by atoms with Gasteiger partial charge in [0.25, 0.3) is 0 Å². The van der Waals surface area contributed by atoms with Crippen molar-refractivity contribution in [3.05, 3.63) is 27.7 Å². The van der Waals surface area contributed by atoms with E-state index in [0.29, 0.717) is 10.0 Å². The summed E-state index contributed by atoms with van der Waals surface area (Å²) in [4.78, 5) is -0.726. The number of sulfone groups is 1. The second-order valence-corrected chi connectivity index (χ2v) is 7.76. The molecule has 1 aliphatic carbocycles. The Morgan fingerprint density at radius 2 is 1.94 bits per heavy atom. The van der Waals surface area contributed by atoms with E-state index in [4.69, 9.17) is 0 Å². The predicted octanol–water partition coefficient (Wildman–Crippen LogP) is 2.67. The second kappa shape index (κ2) is 4.29. The van der Waals surface area contributed by atoms with Crippen molar-refractivity contribution in [2.75, 3.05) is 6.26 Å². The van der Waals surface area contributed by atoms with E-state index in [2.05, 4.69) is 31.9 Å². The molecule has 1 aromatic carbocycles. The van der Waals surface area contributed by atoms with Gasteiger partial charge in [-0.25, -0.2) is 12.8 Å². The topological polar surface area (TPSA) is 54.4 Å². The third kappa shape index (κ3) is 2.07. The van der Waals surface area contributed by atoms with Crippen LogP contribution in [-0.4, -0.2) is 26.0 Å². The number of aliphatic hydroxyl groups excluding tert-OH is 1. The molecule has 0 aliphatic heterocycles. The molecule has 94 valence electrons. The van der Waals surface area contributed by atoms with E-state index in [0.717, 1.165) is 6.26 Å². The van der Waals surface area contributed by atoms with Gasteiger partial charge in [0.1, 0.15) is 12.3 Å². The lowest BCUT2D eigenvalue weighted by Gasteiger charge is -2.11. The summed E-state index contributed by atoms with van der Waals surface area (Å²) in [5.41, 5.74) is 0.615. The molecule has 17 heavy (non-hydrogen) atoms. The summed E-state index contributed by atoms with van der Waals surface area (Å²) in [5, 5.41) is 9.80. The Morgan fingerprint density at radius 3 is 2.47 bits per heavy atom. The Morgan fingerprint density at radius 1 is 1.35 bits per heavy atom. The van der Waals surface area contributed by atoms with Gasteiger partial charge in [0.2, 0.25) is 0 Å². The molecule has 3 atom stereocenters. The average molecular weight is 388 g/mol. The maximum Gasteiger partial charge on any atom is 0.175 e. The van der Waals surface area contributed by atoms with Gasteiger partial charge < -0.3 is 5.11 Å². The van der Waals surface area contributed by atoms with Crippen molar-refractivity contribution in [1.82, 2.24) is 0 Å². The van der Waals surface area contributed by atoms with Crippen LogP contribution in [0.25, 0.3) is 0 Å². The van der Waals surface area contributed by atoms with Crippen LogP contribution >= 0.6 is 31.9 Å². The average Bonchev–Trinajstić information content (AvgIpc) is 2.43. The van der Waals surface area contributed by atoms with Gasteiger partial charge in [0.05, 0.1) is 9.72 Å². The van der Waals surface area contributed by atoms with Gasteiger partial charge in [0, 0.05) is 16.3 Å². The summed E-state index contributed by atoms with van der Waals surface area (Å²) in [7, 11) is -3.49. The molecule has 1 aliphatic rings. The minimum Gasteiger partial charge on any atom is -0.385 e. The van der Waals surface area contributed by atoms with Crippen LogP contribution in [0.4, 0.5) is 4.39 Å². The zero-order valence-corrected chi connectivity index (χ0v) is 12.7. The Bertz CT molecular complexity index is 573. The molecule has 1 N–H and O–H groups in total. The smallest absolute Gasteiger partial charge is 0.175 e. The van der Waals surface area contributed by atoms with Gasteiger partial charge in [-0.3, -0.25) is 0 Å². The molecule has 0 fully saturated rings. The molecule has 0 bridgehead atoms. The molecule has 0 spiro atoms. The van der Waals surface area contributed by atoms with Crippen LogP contribution in [0.1, 0.15) is 22.1 Å². The summed E-state index contributed by atoms with van der Waals surface area (Å²) < 4.78 is 37.5. The van der Waals surface area contributed by atoms with Crippen LogP contribution in [0.5, 0.6) is 0 Å². The van der Waals surface area contributed by atoms with Crippen molar-refractivity contribution < 1.29 is 17.9 Å². The highest BCUT2D eigenvalue weighted by Gasteiger charge is 2.43. The van der Waals surface area contributed by atoms with Gasteiger partial charge in [0.15, 0.2) is 9.84 Å². The molecule has 0 radical (unpaired) electrons. The normalized spacial score (nSPS) is 28.2. The summed E-state index contributed by atoms with van der Waals surface area (Å²) in [6.07, 6.45) is -1.93. The third-order valence-corrected chi connectivity index (χ3v) is 5.56. The quantitative estimate of drug-likeness (QED) is 0.753. The van der Waals surface area contributed by atoms with Crippen molar-refractivity contribution in [1.29, 1.82) is 0 Å². The maximum atomic E-state index is 13.7. The molecule has 0 amide bonds. The highest BCUT2D eigenvalue weighted by molar-refractivity contribution is 9.11. The van der Waals surface area contributed by atoms with Crippen LogP contribution in [-0.2, 0) is 9.84 Å². The van der Waals surface area contributed by atoms with E-state index < -0.39 is 26.9 Å². The van der Waals surface area contributed by atoms with Gasteiger partial charge in [-0.1, -0.05) is 31.9 Å². The monoisotopic (exact) mass is 386 g/mol. The number of fused-ring (bicyclic) bond motifs is 1. The maximum absolute atomic E-state index is 13.7. The lowest BCUT2D eigenvalue weighted by molar-refractivity contribution is 0.0902. The molecule has 0 aromatic heterocycles. The van der Waals surface area contributed by atoms with Gasteiger partial charge in [-0.05, 0) is 17.7 Å². The molecule has 0 unspecified atom stereocenters. The number of benzene rings is 1. The zero-order chi connectivity index (χ0) is 13.0. The minimum absolute atomic E-state index is 0.0206. The SMILES string of the molecule is CS(=O)(=O)c1ccc(Br)c2c1[C@H](O)[C@H](F)[C@H]2Br. The fraction of sp³-hybridized carbons (Fsp3) is 0.400.